The van der Waals surface area contributed by atoms with Crippen molar-refractivity contribution in [1.82, 2.24) is 4.90 Å². The van der Waals surface area contributed by atoms with E-state index in [0.29, 0.717) is 28.7 Å². The van der Waals surface area contributed by atoms with Crippen LogP contribution in [0.5, 0.6) is 5.75 Å². The first-order valence-electron chi connectivity index (χ1n) is 11.4. The summed E-state index contributed by atoms with van der Waals surface area (Å²) in [4.78, 5) is 54.5. The lowest BCUT2D eigenvalue weighted by atomic mass is 9.59. The van der Waals surface area contributed by atoms with E-state index in [0.717, 1.165) is 5.57 Å². The average molecular weight is 446 g/mol. The number of carbonyl (C=O) groups is 4. The van der Waals surface area contributed by atoms with Crippen molar-refractivity contribution in [3.63, 3.8) is 0 Å². The zero-order valence-electron chi connectivity index (χ0n) is 19.2. The number of nitrogens with zero attached hydrogens (tertiary/aromatic N) is 1. The zero-order chi connectivity index (χ0) is 23.8. The molecule has 0 spiro atoms. The van der Waals surface area contributed by atoms with Crippen LogP contribution in [0.25, 0.3) is 0 Å². The number of likely N-dealkylation sites (tertiary alicyclic amines) is 1. The Morgan fingerprint density at radius 3 is 2.42 bits per heavy atom. The van der Waals surface area contributed by atoms with E-state index in [-0.39, 0.29) is 41.5 Å². The van der Waals surface area contributed by atoms with Crippen LogP contribution in [0.1, 0.15) is 52.0 Å². The minimum absolute atomic E-state index is 0.0685. The molecule has 0 aromatic heterocycles. The van der Waals surface area contributed by atoms with Crippen molar-refractivity contribution < 1.29 is 24.3 Å². The maximum absolute atomic E-state index is 13.6. The van der Waals surface area contributed by atoms with Gasteiger partial charge in [-0.15, -0.1) is 0 Å². The standard InChI is InChI=1S/C27H27NO5/c1-13-10-20(30)19-12-18-16(21(23(19)24(13)31)14-6-5-7-15(29)11-14)8-9-17-22(18)26(33)28(25(17)32)27(2,3)4/h5-8,10-11,17-18,21-22,29H,9,12H2,1-4H3/t17-,18+,21-,22-/m0/s1. The Balaban J connectivity index is 1.69. The number of phenolic OH excluding ortho intramolecular Hbond substituents is 1. The predicted octanol–water partition coefficient (Wildman–Crippen LogP) is 3.62. The number of amides is 2. The summed E-state index contributed by atoms with van der Waals surface area (Å²) in [6.45, 7) is 7.19. The van der Waals surface area contributed by atoms with E-state index in [1.807, 2.05) is 32.9 Å². The average Bonchev–Trinajstić information content (AvgIpc) is 3.01. The maximum atomic E-state index is 13.6. The Labute approximate surface area is 192 Å². The molecule has 0 bridgehead atoms. The molecule has 4 atom stereocenters. The van der Waals surface area contributed by atoms with Gasteiger partial charge >= 0.3 is 0 Å². The lowest BCUT2D eigenvalue weighted by molar-refractivity contribution is -0.145. The molecule has 1 aromatic carbocycles. The molecule has 1 fully saturated rings. The molecule has 1 saturated heterocycles. The van der Waals surface area contributed by atoms with Gasteiger partial charge < -0.3 is 5.11 Å². The van der Waals surface area contributed by atoms with Crippen LogP contribution in [0.3, 0.4) is 0 Å². The van der Waals surface area contributed by atoms with Gasteiger partial charge in [-0.25, -0.2) is 0 Å². The highest BCUT2D eigenvalue weighted by Crippen LogP contribution is 2.55. The van der Waals surface area contributed by atoms with Gasteiger partial charge in [0.25, 0.3) is 0 Å². The minimum atomic E-state index is -0.633. The molecule has 0 saturated carbocycles. The van der Waals surface area contributed by atoms with Gasteiger partial charge in [0.15, 0.2) is 11.6 Å². The molecule has 1 aliphatic heterocycles. The van der Waals surface area contributed by atoms with E-state index < -0.39 is 23.3 Å². The molecule has 6 nitrogen and oxygen atoms in total. The largest absolute Gasteiger partial charge is 0.508 e. The number of allylic oxidation sites excluding steroid dienone is 6. The van der Waals surface area contributed by atoms with Gasteiger partial charge in [-0.1, -0.05) is 23.8 Å². The van der Waals surface area contributed by atoms with Gasteiger partial charge in [0.05, 0.1) is 11.8 Å². The van der Waals surface area contributed by atoms with Crippen LogP contribution in [-0.2, 0) is 19.2 Å². The van der Waals surface area contributed by atoms with E-state index in [4.69, 9.17) is 0 Å². The zero-order valence-corrected chi connectivity index (χ0v) is 19.2. The summed E-state index contributed by atoms with van der Waals surface area (Å²) < 4.78 is 0. The van der Waals surface area contributed by atoms with Crippen molar-refractivity contribution in [3.8, 4) is 5.75 Å². The molecule has 1 aromatic rings. The van der Waals surface area contributed by atoms with Crippen LogP contribution in [0.2, 0.25) is 0 Å². The second-order valence-corrected chi connectivity index (χ2v) is 10.5. The van der Waals surface area contributed by atoms with Crippen LogP contribution in [-0.4, -0.2) is 38.9 Å². The van der Waals surface area contributed by atoms with Gasteiger partial charge in [-0.3, -0.25) is 24.1 Å². The van der Waals surface area contributed by atoms with Crippen molar-refractivity contribution in [2.24, 2.45) is 17.8 Å². The highest BCUT2D eigenvalue weighted by molar-refractivity contribution is 6.23. The van der Waals surface area contributed by atoms with Gasteiger partial charge in [-0.2, -0.15) is 0 Å². The Bertz CT molecular complexity index is 1230. The molecule has 1 heterocycles. The summed E-state index contributed by atoms with van der Waals surface area (Å²) in [6, 6.07) is 6.71. The molecular formula is C27H27NO5. The third kappa shape index (κ3) is 3.07. The van der Waals surface area contributed by atoms with Crippen LogP contribution in [0.4, 0.5) is 0 Å². The molecule has 4 aliphatic rings. The molecule has 33 heavy (non-hydrogen) atoms. The number of Topliss-reactive ketones (excluding diaryl/α,β-unsaturated/α-hetero) is 1. The highest BCUT2D eigenvalue weighted by Gasteiger charge is 2.58. The van der Waals surface area contributed by atoms with Crippen molar-refractivity contribution in [2.75, 3.05) is 0 Å². The molecule has 170 valence electrons. The molecular weight excluding hydrogens is 418 g/mol. The number of rotatable bonds is 1. The summed E-state index contributed by atoms with van der Waals surface area (Å²) in [5, 5.41) is 10.2. The number of imide groups is 1. The second-order valence-electron chi connectivity index (χ2n) is 10.5. The van der Waals surface area contributed by atoms with Crippen molar-refractivity contribution in [2.45, 2.75) is 52.0 Å². The lowest BCUT2D eigenvalue weighted by Gasteiger charge is -2.42. The Morgan fingerprint density at radius 1 is 1.03 bits per heavy atom. The molecule has 2 amide bonds. The number of hydrogen-bond donors (Lipinski definition) is 1. The number of carbonyl (C=O) groups excluding carboxylic acids is 4. The monoisotopic (exact) mass is 445 g/mol. The molecule has 0 radical (unpaired) electrons. The second kappa shape index (κ2) is 7.11. The number of fused-ring (bicyclic) bond motifs is 3. The van der Waals surface area contributed by atoms with E-state index in [1.165, 1.54) is 11.0 Å². The molecule has 5 rings (SSSR count). The quantitative estimate of drug-likeness (QED) is 0.405. The van der Waals surface area contributed by atoms with Crippen LogP contribution >= 0.6 is 0 Å². The van der Waals surface area contributed by atoms with Gasteiger partial charge in [0.1, 0.15) is 5.75 Å². The number of hydrogen-bond acceptors (Lipinski definition) is 5. The minimum Gasteiger partial charge on any atom is -0.508 e. The number of aromatic hydroxyl groups is 1. The Hall–Kier alpha value is -3.28. The third-order valence-corrected chi connectivity index (χ3v) is 7.44. The normalized spacial score (nSPS) is 29.5. The fourth-order valence-corrected chi connectivity index (χ4v) is 6.11. The Kier molecular flexibility index (Phi) is 4.64. The van der Waals surface area contributed by atoms with Gasteiger partial charge in [0.2, 0.25) is 11.8 Å². The van der Waals surface area contributed by atoms with Crippen molar-refractivity contribution in [3.05, 3.63) is 64.3 Å². The first-order chi connectivity index (χ1) is 15.5. The van der Waals surface area contributed by atoms with Gasteiger partial charge in [-0.05, 0) is 70.2 Å². The number of phenols is 1. The lowest BCUT2D eigenvalue weighted by Crippen LogP contribution is -2.46. The van der Waals surface area contributed by atoms with Crippen molar-refractivity contribution >= 4 is 23.4 Å². The number of benzene rings is 1. The third-order valence-electron chi connectivity index (χ3n) is 7.44. The fraction of sp³-hybridized carbons (Fsp3) is 0.407. The molecule has 6 heteroatoms. The van der Waals surface area contributed by atoms with Gasteiger partial charge in [0, 0.05) is 28.2 Å². The highest BCUT2D eigenvalue weighted by atomic mass is 16.3. The van der Waals surface area contributed by atoms with E-state index >= 15 is 0 Å². The van der Waals surface area contributed by atoms with Crippen molar-refractivity contribution in [1.29, 1.82) is 0 Å². The first kappa shape index (κ1) is 21.6. The Morgan fingerprint density at radius 2 is 1.76 bits per heavy atom. The summed E-state index contributed by atoms with van der Waals surface area (Å²) >= 11 is 0. The van der Waals surface area contributed by atoms with Crippen LogP contribution in [0.15, 0.2) is 58.7 Å². The van der Waals surface area contributed by atoms with E-state index in [2.05, 4.69) is 0 Å². The van der Waals surface area contributed by atoms with E-state index in [9.17, 15) is 24.3 Å². The predicted molar refractivity (Wildman–Crippen MR) is 121 cm³/mol. The molecule has 0 unspecified atom stereocenters. The summed E-state index contributed by atoms with van der Waals surface area (Å²) in [7, 11) is 0. The summed E-state index contributed by atoms with van der Waals surface area (Å²) in [6.07, 6.45) is 4.05. The maximum Gasteiger partial charge on any atom is 0.234 e. The van der Waals surface area contributed by atoms with E-state index in [1.54, 1.807) is 25.1 Å². The number of ketones is 2. The molecule has 1 N–H and O–H groups in total. The van der Waals surface area contributed by atoms with Crippen LogP contribution in [0, 0.1) is 17.8 Å². The summed E-state index contributed by atoms with van der Waals surface area (Å²) in [5.74, 6) is -2.57. The van der Waals surface area contributed by atoms with Crippen LogP contribution < -0.4 is 0 Å². The first-order valence-corrected chi connectivity index (χ1v) is 11.4. The topological polar surface area (TPSA) is 91.8 Å². The molecule has 3 aliphatic carbocycles. The summed E-state index contributed by atoms with van der Waals surface area (Å²) in [5.41, 5.74) is 2.23. The SMILES string of the molecule is CC1=CC(=O)C2=C(C1=O)[C@@H](c1cccc(O)c1)C1=CC[C@@H]3C(=O)N(C(C)(C)C)C(=O)[C@@H]3[C@@H]1C2. The fourth-order valence-electron chi connectivity index (χ4n) is 6.11. The smallest absolute Gasteiger partial charge is 0.234 e.